The maximum absolute atomic E-state index is 13.0. The molecular formula is C72H134O6. The SMILES string of the molecule is CCCCCCC/C=C\C/C=C\C/C=C\CCCCCCCCCCC(=O)OCC(COC(=O)CCCCCCCCCCCCCCCCCCCC)OC(=O)CCCCCCCCCCCCCCCCCCCCC. The van der Waals surface area contributed by atoms with Crippen LogP contribution in [0.15, 0.2) is 36.5 Å². The van der Waals surface area contributed by atoms with Crippen molar-refractivity contribution in [3.8, 4) is 0 Å². The summed E-state index contributed by atoms with van der Waals surface area (Å²) in [6, 6.07) is 0. The molecule has 0 aliphatic rings. The van der Waals surface area contributed by atoms with E-state index in [-0.39, 0.29) is 31.1 Å². The molecule has 0 N–H and O–H groups in total. The second-order valence-electron chi connectivity index (χ2n) is 23.8. The van der Waals surface area contributed by atoms with Crippen LogP contribution in [0.2, 0.25) is 0 Å². The number of esters is 3. The van der Waals surface area contributed by atoms with E-state index in [1.807, 2.05) is 0 Å². The molecule has 0 aliphatic carbocycles. The summed E-state index contributed by atoms with van der Waals surface area (Å²) in [7, 11) is 0. The number of carbonyl (C=O) groups excluding carboxylic acids is 3. The minimum Gasteiger partial charge on any atom is -0.462 e. The first-order chi connectivity index (χ1) is 38.5. The monoisotopic (exact) mass is 1100 g/mol. The third-order valence-electron chi connectivity index (χ3n) is 15.9. The number of rotatable bonds is 65. The summed E-state index contributed by atoms with van der Waals surface area (Å²) in [6.07, 6.45) is 83.0. The lowest BCUT2D eigenvalue weighted by Gasteiger charge is -2.18. The molecule has 0 heterocycles. The molecule has 0 rings (SSSR count). The minimum absolute atomic E-state index is 0.0683. The van der Waals surface area contributed by atoms with Gasteiger partial charge in [0.25, 0.3) is 0 Å². The molecule has 0 aromatic rings. The Kier molecular flexibility index (Phi) is 65.1. The molecule has 6 heteroatoms. The summed E-state index contributed by atoms with van der Waals surface area (Å²) in [5.74, 6) is -0.844. The first kappa shape index (κ1) is 75.6. The van der Waals surface area contributed by atoms with E-state index in [9.17, 15) is 14.4 Å². The molecule has 78 heavy (non-hydrogen) atoms. The van der Waals surface area contributed by atoms with Gasteiger partial charge in [-0.1, -0.05) is 346 Å². The number of allylic oxidation sites excluding steroid dienone is 6. The first-order valence-electron chi connectivity index (χ1n) is 35.0. The van der Waals surface area contributed by atoms with Gasteiger partial charge in [0.05, 0.1) is 0 Å². The van der Waals surface area contributed by atoms with Crippen molar-refractivity contribution < 1.29 is 28.6 Å². The third-order valence-corrected chi connectivity index (χ3v) is 15.9. The van der Waals surface area contributed by atoms with Crippen molar-refractivity contribution in [2.75, 3.05) is 13.2 Å². The predicted octanol–water partition coefficient (Wildman–Crippen LogP) is 23.9. The fourth-order valence-corrected chi connectivity index (χ4v) is 10.6. The normalized spacial score (nSPS) is 12.2. The van der Waals surface area contributed by atoms with Crippen molar-refractivity contribution >= 4 is 17.9 Å². The van der Waals surface area contributed by atoms with Crippen LogP contribution in [0.5, 0.6) is 0 Å². The first-order valence-corrected chi connectivity index (χ1v) is 35.0. The molecule has 0 spiro atoms. The zero-order valence-corrected chi connectivity index (χ0v) is 52.7. The van der Waals surface area contributed by atoms with Gasteiger partial charge in [-0.3, -0.25) is 14.4 Å². The number of unbranched alkanes of at least 4 members (excludes halogenated alkanes) is 48. The Hall–Kier alpha value is -2.37. The topological polar surface area (TPSA) is 78.9 Å². The minimum atomic E-state index is -0.773. The van der Waals surface area contributed by atoms with Crippen LogP contribution in [0.1, 0.15) is 387 Å². The molecule has 6 nitrogen and oxygen atoms in total. The lowest BCUT2D eigenvalue weighted by Crippen LogP contribution is -2.30. The van der Waals surface area contributed by atoms with Gasteiger partial charge in [0.1, 0.15) is 13.2 Å². The third kappa shape index (κ3) is 64.5. The van der Waals surface area contributed by atoms with Crippen LogP contribution < -0.4 is 0 Å². The van der Waals surface area contributed by atoms with Crippen molar-refractivity contribution in [2.45, 2.75) is 393 Å². The van der Waals surface area contributed by atoms with E-state index in [1.165, 1.54) is 270 Å². The fourth-order valence-electron chi connectivity index (χ4n) is 10.6. The second kappa shape index (κ2) is 67.1. The molecule has 1 unspecified atom stereocenters. The smallest absolute Gasteiger partial charge is 0.306 e. The van der Waals surface area contributed by atoms with E-state index >= 15 is 0 Å². The molecule has 0 saturated carbocycles. The summed E-state index contributed by atoms with van der Waals surface area (Å²) >= 11 is 0. The molecule has 0 aliphatic heterocycles. The van der Waals surface area contributed by atoms with E-state index in [1.54, 1.807) is 0 Å². The molecule has 0 aromatic heterocycles. The van der Waals surface area contributed by atoms with E-state index in [0.29, 0.717) is 19.3 Å². The van der Waals surface area contributed by atoms with Crippen molar-refractivity contribution in [2.24, 2.45) is 0 Å². The second-order valence-corrected chi connectivity index (χ2v) is 23.8. The van der Waals surface area contributed by atoms with E-state index in [0.717, 1.165) is 77.0 Å². The summed E-state index contributed by atoms with van der Waals surface area (Å²) in [5.41, 5.74) is 0. The lowest BCUT2D eigenvalue weighted by molar-refractivity contribution is -0.167. The quantitative estimate of drug-likeness (QED) is 0.0261. The van der Waals surface area contributed by atoms with Crippen LogP contribution in [0.4, 0.5) is 0 Å². The maximum Gasteiger partial charge on any atom is 0.306 e. The Morgan fingerprint density at radius 1 is 0.256 bits per heavy atom. The fraction of sp³-hybridized carbons (Fsp3) is 0.875. The Balaban J connectivity index is 4.32. The summed E-state index contributed by atoms with van der Waals surface area (Å²) in [5, 5.41) is 0. The van der Waals surface area contributed by atoms with Crippen LogP contribution >= 0.6 is 0 Å². The van der Waals surface area contributed by atoms with Gasteiger partial charge in [0.15, 0.2) is 6.10 Å². The molecule has 0 saturated heterocycles. The Bertz CT molecular complexity index is 1300. The Morgan fingerprint density at radius 2 is 0.462 bits per heavy atom. The Morgan fingerprint density at radius 3 is 0.718 bits per heavy atom. The number of carbonyl (C=O) groups is 3. The number of hydrogen-bond acceptors (Lipinski definition) is 6. The van der Waals surface area contributed by atoms with Crippen molar-refractivity contribution in [1.82, 2.24) is 0 Å². The average molecular weight is 1100 g/mol. The van der Waals surface area contributed by atoms with Crippen LogP contribution in [0.25, 0.3) is 0 Å². The summed E-state index contributed by atoms with van der Waals surface area (Å²) < 4.78 is 17.0. The molecule has 458 valence electrons. The highest BCUT2D eigenvalue weighted by Gasteiger charge is 2.19. The van der Waals surface area contributed by atoms with Gasteiger partial charge >= 0.3 is 17.9 Å². The molecule has 0 bridgehead atoms. The standard InChI is InChI=1S/C72H134O6/c1-4-7-10-13-16-19-22-25-28-31-34-35-36-37-39-41-44-47-50-53-56-59-62-65-71(74)77-68-69(67-76-70(73)64-61-58-55-52-49-46-43-40-33-30-27-24-21-18-15-12-9-6-3)78-72(75)66-63-60-57-54-51-48-45-42-38-32-29-26-23-20-17-14-11-8-5-2/h22,25,31,34,36-37,69H,4-21,23-24,26-30,32-33,35,38-68H2,1-3H3/b25-22-,34-31-,37-36-. The molecule has 0 amide bonds. The molecule has 0 aromatic carbocycles. The van der Waals surface area contributed by atoms with Crippen LogP contribution in [0.3, 0.4) is 0 Å². The highest BCUT2D eigenvalue weighted by atomic mass is 16.6. The van der Waals surface area contributed by atoms with E-state index < -0.39 is 6.10 Å². The van der Waals surface area contributed by atoms with E-state index in [4.69, 9.17) is 14.2 Å². The van der Waals surface area contributed by atoms with Gasteiger partial charge in [-0.15, -0.1) is 0 Å². The molecule has 0 fully saturated rings. The van der Waals surface area contributed by atoms with Crippen molar-refractivity contribution in [1.29, 1.82) is 0 Å². The van der Waals surface area contributed by atoms with Gasteiger partial charge in [-0.2, -0.15) is 0 Å². The zero-order valence-electron chi connectivity index (χ0n) is 52.7. The molecule has 1 atom stereocenters. The van der Waals surface area contributed by atoms with Crippen molar-refractivity contribution in [3.63, 3.8) is 0 Å². The van der Waals surface area contributed by atoms with Crippen LogP contribution in [-0.2, 0) is 28.6 Å². The summed E-state index contributed by atoms with van der Waals surface area (Å²) in [4.78, 5) is 38.5. The van der Waals surface area contributed by atoms with Gasteiger partial charge in [0, 0.05) is 19.3 Å². The van der Waals surface area contributed by atoms with Gasteiger partial charge in [-0.25, -0.2) is 0 Å². The zero-order chi connectivity index (χ0) is 56.4. The van der Waals surface area contributed by atoms with Gasteiger partial charge < -0.3 is 14.2 Å². The van der Waals surface area contributed by atoms with Crippen LogP contribution in [-0.4, -0.2) is 37.2 Å². The Labute approximate surface area is 486 Å². The summed E-state index contributed by atoms with van der Waals surface area (Å²) in [6.45, 7) is 6.71. The predicted molar refractivity (Wildman–Crippen MR) is 339 cm³/mol. The average Bonchev–Trinajstić information content (AvgIpc) is 3.44. The van der Waals surface area contributed by atoms with Gasteiger partial charge in [-0.05, 0) is 57.8 Å². The number of ether oxygens (including phenoxy) is 3. The highest BCUT2D eigenvalue weighted by molar-refractivity contribution is 5.71. The largest absolute Gasteiger partial charge is 0.462 e. The van der Waals surface area contributed by atoms with Crippen LogP contribution in [0, 0.1) is 0 Å². The molecular weight excluding hydrogens is 961 g/mol. The van der Waals surface area contributed by atoms with Gasteiger partial charge in [0.2, 0.25) is 0 Å². The lowest BCUT2D eigenvalue weighted by atomic mass is 10.0. The van der Waals surface area contributed by atoms with E-state index in [2.05, 4.69) is 57.2 Å². The maximum atomic E-state index is 13.0. The highest BCUT2D eigenvalue weighted by Crippen LogP contribution is 2.18. The van der Waals surface area contributed by atoms with Crippen molar-refractivity contribution in [3.05, 3.63) is 36.5 Å². The molecule has 0 radical (unpaired) electrons. The number of hydrogen-bond donors (Lipinski definition) is 0.